The minimum absolute atomic E-state index is 0.0334. The molecule has 0 aliphatic carbocycles. The van der Waals surface area contributed by atoms with Crippen molar-refractivity contribution in [1.29, 1.82) is 0 Å². The molecule has 0 radical (unpaired) electrons. The number of esters is 2. The molecule has 0 N–H and O–H groups in total. The molecular weight excluding hydrogens is 858 g/mol. The molecule has 0 aromatic carbocycles. The number of ether oxygens (including phenoxy) is 2. The first-order chi connectivity index (χ1) is 32.5. The average Bonchev–Trinajstić information content (AvgIpc) is 3.29. The minimum Gasteiger partial charge on any atom is -0.756 e. The summed E-state index contributed by atoms with van der Waals surface area (Å²) in [6, 6.07) is 0. The van der Waals surface area contributed by atoms with E-state index in [1.54, 1.807) is 0 Å². The predicted molar refractivity (Wildman–Crippen MR) is 282 cm³/mol. The number of rotatable bonds is 51. The van der Waals surface area contributed by atoms with Gasteiger partial charge in [0.05, 0.1) is 27.7 Å². The van der Waals surface area contributed by atoms with Gasteiger partial charge in [0.1, 0.15) is 19.8 Å². The van der Waals surface area contributed by atoms with Crippen molar-refractivity contribution in [3.05, 3.63) is 48.6 Å². The Balaban J connectivity index is 4.15. The molecule has 0 spiro atoms. The number of hydrogen-bond acceptors (Lipinski definition) is 8. The van der Waals surface area contributed by atoms with E-state index >= 15 is 0 Å². The van der Waals surface area contributed by atoms with Crippen LogP contribution in [-0.4, -0.2) is 70.0 Å². The van der Waals surface area contributed by atoms with Gasteiger partial charge >= 0.3 is 11.9 Å². The maximum absolute atomic E-state index is 12.8. The Kier molecular flexibility index (Phi) is 47.5. The lowest BCUT2D eigenvalue weighted by Crippen LogP contribution is -2.37. The zero-order valence-corrected chi connectivity index (χ0v) is 45.2. The lowest BCUT2D eigenvalue weighted by Gasteiger charge is -2.28. The van der Waals surface area contributed by atoms with Crippen molar-refractivity contribution in [3.63, 3.8) is 0 Å². The van der Waals surface area contributed by atoms with Crippen LogP contribution < -0.4 is 4.89 Å². The van der Waals surface area contributed by atoms with Gasteiger partial charge in [0.2, 0.25) is 0 Å². The summed E-state index contributed by atoms with van der Waals surface area (Å²) in [4.78, 5) is 37.8. The molecular formula is C57H106NO8P. The fourth-order valence-corrected chi connectivity index (χ4v) is 8.45. The first-order valence-electron chi connectivity index (χ1n) is 27.8. The monoisotopic (exact) mass is 964 g/mol. The van der Waals surface area contributed by atoms with E-state index in [9.17, 15) is 19.0 Å². The third-order valence-electron chi connectivity index (χ3n) is 12.1. The van der Waals surface area contributed by atoms with E-state index in [0.29, 0.717) is 23.9 Å². The lowest BCUT2D eigenvalue weighted by molar-refractivity contribution is -0.870. The normalized spacial score (nSPS) is 13.7. The van der Waals surface area contributed by atoms with Gasteiger partial charge in [-0.05, 0) is 77.0 Å². The van der Waals surface area contributed by atoms with Crippen LogP contribution in [0, 0.1) is 0 Å². The number of nitrogens with zero attached hydrogens (tertiary/aromatic N) is 1. The smallest absolute Gasteiger partial charge is 0.306 e. The largest absolute Gasteiger partial charge is 0.756 e. The van der Waals surface area contributed by atoms with Gasteiger partial charge < -0.3 is 27.9 Å². The highest BCUT2D eigenvalue weighted by molar-refractivity contribution is 7.45. The third-order valence-corrected chi connectivity index (χ3v) is 13.0. The number of carbonyl (C=O) groups is 2. The summed E-state index contributed by atoms with van der Waals surface area (Å²) in [7, 11) is 1.16. The molecule has 0 bridgehead atoms. The van der Waals surface area contributed by atoms with E-state index in [1.165, 1.54) is 148 Å². The van der Waals surface area contributed by atoms with Crippen molar-refractivity contribution in [1.82, 2.24) is 0 Å². The molecule has 0 fully saturated rings. The Labute approximate surface area is 414 Å². The van der Waals surface area contributed by atoms with E-state index < -0.39 is 32.5 Å². The molecule has 2 unspecified atom stereocenters. The van der Waals surface area contributed by atoms with Crippen LogP contribution in [0.3, 0.4) is 0 Å². The van der Waals surface area contributed by atoms with Crippen molar-refractivity contribution in [2.75, 3.05) is 47.5 Å². The molecule has 0 amide bonds. The lowest BCUT2D eigenvalue weighted by atomic mass is 10.0. The van der Waals surface area contributed by atoms with E-state index in [4.69, 9.17) is 18.5 Å². The van der Waals surface area contributed by atoms with Gasteiger partial charge in [-0.3, -0.25) is 14.2 Å². The Hall–Kier alpha value is -2.03. The molecule has 0 aromatic heterocycles. The molecule has 0 aromatic rings. The number of hydrogen-bond donors (Lipinski definition) is 0. The Morgan fingerprint density at radius 1 is 0.463 bits per heavy atom. The number of quaternary nitrogens is 1. The van der Waals surface area contributed by atoms with Crippen molar-refractivity contribution >= 4 is 19.8 Å². The van der Waals surface area contributed by atoms with E-state index in [1.807, 2.05) is 21.1 Å². The van der Waals surface area contributed by atoms with Crippen LogP contribution in [0.1, 0.15) is 251 Å². The number of allylic oxidation sites excluding steroid dienone is 8. The van der Waals surface area contributed by atoms with E-state index in [0.717, 1.165) is 64.2 Å². The first-order valence-corrected chi connectivity index (χ1v) is 29.3. The molecule has 67 heavy (non-hydrogen) atoms. The Morgan fingerprint density at radius 2 is 0.806 bits per heavy atom. The molecule has 0 aliphatic rings. The summed E-state index contributed by atoms with van der Waals surface area (Å²) < 4.78 is 34.1. The summed E-state index contributed by atoms with van der Waals surface area (Å²) >= 11 is 0. The highest BCUT2D eigenvalue weighted by Crippen LogP contribution is 2.38. The molecule has 0 heterocycles. The van der Waals surface area contributed by atoms with Crippen LogP contribution in [0.5, 0.6) is 0 Å². The highest BCUT2D eigenvalue weighted by atomic mass is 31.2. The van der Waals surface area contributed by atoms with Gasteiger partial charge in [0, 0.05) is 12.8 Å². The molecule has 9 nitrogen and oxygen atoms in total. The molecule has 0 rings (SSSR count). The zero-order chi connectivity index (χ0) is 49.2. The molecule has 392 valence electrons. The van der Waals surface area contributed by atoms with Crippen molar-refractivity contribution < 1.29 is 42.1 Å². The maximum Gasteiger partial charge on any atom is 0.306 e. The summed E-state index contributed by atoms with van der Waals surface area (Å²) in [5.41, 5.74) is 0. The summed E-state index contributed by atoms with van der Waals surface area (Å²) in [5.74, 6) is -0.843. The number of phosphoric ester groups is 1. The van der Waals surface area contributed by atoms with Crippen LogP contribution in [0.25, 0.3) is 0 Å². The van der Waals surface area contributed by atoms with Gasteiger partial charge in [-0.1, -0.05) is 210 Å². The molecule has 0 aliphatic heterocycles. The average molecular weight is 964 g/mol. The molecule has 10 heteroatoms. The number of likely N-dealkylation sites (N-methyl/N-ethyl adjacent to an activating group) is 1. The van der Waals surface area contributed by atoms with Gasteiger partial charge in [-0.25, -0.2) is 0 Å². The standard InChI is InChI=1S/C57H106NO8P/c1-6-8-10-12-14-16-18-20-22-24-25-26-27-28-29-30-31-32-33-34-36-38-40-42-44-46-48-50-57(60)66-55(54-65-67(61,62)64-52-51-58(3,4)5)53-63-56(59)49-47-45-43-41-39-37-35-23-21-19-17-15-13-11-9-7-2/h17-20,23-25,35,55H,6-16,21-22,26-34,36-54H2,1-5H3/b19-17-,20-18-,25-24-,35-23-. The van der Waals surface area contributed by atoms with Crippen LogP contribution in [0.4, 0.5) is 0 Å². The fraction of sp³-hybridized carbons (Fsp3) is 0.825. The highest BCUT2D eigenvalue weighted by Gasteiger charge is 2.21. The quantitative estimate of drug-likeness (QED) is 0.0195. The van der Waals surface area contributed by atoms with Gasteiger partial charge in [-0.2, -0.15) is 0 Å². The van der Waals surface area contributed by atoms with Crippen LogP contribution >= 0.6 is 7.82 Å². The second-order valence-electron chi connectivity index (χ2n) is 19.9. The summed E-state index contributed by atoms with van der Waals surface area (Å²) in [6.45, 7) is 4.21. The van der Waals surface area contributed by atoms with Crippen molar-refractivity contribution in [2.24, 2.45) is 0 Å². The van der Waals surface area contributed by atoms with Crippen LogP contribution in [-0.2, 0) is 32.7 Å². The van der Waals surface area contributed by atoms with E-state index in [-0.39, 0.29) is 26.1 Å². The SMILES string of the molecule is CCCCCC/C=C\C/C=C\CCCCCCCC(=O)OCC(COP(=O)([O-])OCC[N+](C)(C)C)OC(=O)CCCCCCCCCCCCCCCCC/C=C\C/C=C\CCCCCCC. The predicted octanol–water partition coefficient (Wildman–Crippen LogP) is 16.3. The molecule has 0 saturated carbocycles. The summed E-state index contributed by atoms with van der Waals surface area (Å²) in [5, 5.41) is 0. The van der Waals surface area contributed by atoms with Gasteiger partial charge in [0.25, 0.3) is 7.82 Å². The number of phosphoric acid groups is 1. The van der Waals surface area contributed by atoms with Crippen LogP contribution in [0.15, 0.2) is 48.6 Å². The minimum atomic E-state index is -4.64. The topological polar surface area (TPSA) is 111 Å². The molecule has 0 saturated heterocycles. The Bertz CT molecular complexity index is 1270. The van der Waals surface area contributed by atoms with Gasteiger partial charge in [-0.15, -0.1) is 0 Å². The Morgan fingerprint density at radius 3 is 1.19 bits per heavy atom. The summed E-state index contributed by atoms with van der Waals surface area (Å²) in [6.07, 6.45) is 60.1. The van der Waals surface area contributed by atoms with Crippen LogP contribution in [0.2, 0.25) is 0 Å². The van der Waals surface area contributed by atoms with Gasteiger partial charge in [0.15, 0.2) is 6.10 Å². The zero-order valence-electron chi connectivity index (χ0n) is 44.3. The number of carbonyl (C=O) groups excluding carboxylic acids is 2. The fourth-order valence-electron chi connectivity index (χ4n) is 7.72. The molecule has 2 atom stereocenters. The second kappa shape index (κ2) is 49.0. The first kappa shape index (κ1) is 65.0. The van der Waals surface area contributed by atoms with Crippen molar-refractivity contribution in [3.8, 4) is 0 Å². The third kappa shape index (κ3) is 53.2. The maximum atomic E-state index is 12.8. The van der Waals surface area contributed by atoms with Crippen molar-refractivity contribution in [2.45, 2.75) is 258 Å². The number of unbranched alkanes of at least 4 members (excludes halogenated alkanes) is 29. The second-order valence-corrected chi connectivity index (χ2v) is 21.4. The van der Waals surface area contributed by atoms with E-state index in [2.05, 4.69) is 62.5 Å².